The van der Waals surface area contributed by atoms with Gasteiger partial charge in [-0.1, -0.05) is 20.3 Å². The molecule has 0 aromatic carbocycles. The first-order chi connectivity index (χ1) is 3.81. The molecule has 0 atom stereocenters. The number of hydrogen-bond donors (Lipinski definition) is 1. The lowest BCUT2D eigenvalue weighted by molar-refractivity contribution is 0.179. The Morgan fingerprint density at radius 2 is 1.62 bits per heavy atom. The summed E-state index contributed by atoms with van der Waals surface area (Å²) in [6.45, 7) is 6.39. The van der Waals surface area contributed by atoms with Gasteiger partial charge in [0.05, 0.1) is 0 Å². The maximum Gasteiger partial charge on any atom is 0.0499 e. The summed E-state index contributed by atoms with van der Waals surface area (Å²) in [5.41, 5.74) is 0. The van der Waals surface area contributed by atoms with Crippen LogP contribution in [-0.4, -0.2) is 25.3 Å². The van der Waals surface area contributed by atoms with Crippen LogP contribution in [0.15, 0.2) is 0 Å². The van der Waals surface area contributed by atoms with Crippen molar-refractivity contribution in [2.24, 2.45) is 0 Å². The van der Waals surface area contributed by atoms with E-state index in [-0.39, 0.29) is 0 Å². The van der Waals surface area contributed by atoms with E-state index in [0.29, 0.717) is 0 Å². The predicted octanol–water partition coefficient (Wildman–Crippen LogP) is 0.853. The minimum atomic E-state index is 1.07. The van der Waals surface area contributed by atoms with Crippen LogP contribution in [-0.2, 0) is 0 Å². The van der Waals surface area contributed by atoms with E-state index < -0.39 is 0 Å². The molecule has 1 rings (SSSR count). The van der Waals surface area contributed by atoms with Gasteiger partial charge in [0.15, 0.2) is 0 Å². The molecule has 0 saturated carbocycles. The van der Waals surface area contributed by atoms with E-state index in [2.05, 4.69) is 31.1 Å². The highest BCUT2D eigenvalue weighted by Gasteiger charge is 2.02. The van der Waals surface area contributed by atoms with Crippen molar-refractivity contribution in [1.82, 2.24) is 10.2 Å². The van der Waals surface area contributed by atoms with Gasteiger partial charge in [0.1, 0.15) is 0 Å². The van der Waals surface area contributed by atoms with E-state index in [1.807, 2.05) is 0 Å². The van der Waals surface area contributed by atoms with Gasteiger partial charge in [-0.3, -0.25) is 10.2 Å². The van der Waals surface area contributed by atoms with Crippen molar-refractivity contribution in [2.45, 2.75) is 20.3 Å². The monoisotopic (exact) mass is 116 g/mol. The minimum absolute atomic E-state index is 1.07. The summed E-state index contributed by atoms with van der Waals surface area (Å²) < 4.78 is 0. The highest BCUT2D eigenvalue weighted by atomic mass is 15.4. The Hall–Kier alpha value is -0.0800. The second-order valence-electron chi connectivity index (χ2n) is 2.13. The van der Waals surface area contributed by atoms with Gasteiger partial charge in [-0.25, -0.2) is 0 Å². The highest BCUT2D eigenvalue weighted by molar-refractivity contribution is 4.54. The molecular weight excluding hydrogens is 100 g/mol. The van der Waals surface area contributed by atoms with Crippen molar-refractivity contribution >= 4 is 0 Å². The van der Waals surface area contributed by atoms with Crippen molar-refractivity contribution in [2.75, 3.05) is 20.4 Å². The Bertz CT molecular complexity index is 41.8. The molecule has 0 spiro atoms. The van der Waals surface area contributed by atoms with E-state index >= 15 is 0 Å². The van der Waals surface area contributed by atoms with Crippen LogP contribution in [0.3, 0.4) is 0 Å². The van der Waals surface area contributed by atoms with Gasteiger partial charge < -0.3 is 0 Å². The Morgan fingerprint density at radius 1 is 1.38 bits per heavy atom. The SMILES string of the molecule is CCC.CN1CNC1. The van der Waals surface area contributed by atoms with Crippen molar-refractivity contribution in [3.8, 4) is 0 Å². The van der Waals surface area contributed by atoms with Crippen LogP contribution in [0, 0.1) is 0 Å². The molecule has 0 unspecified atom stereocenters. The molecule has 1 saturated heterocycles. The Morgan fingerprint density at radius 3 is 1.62 bits per heavy atom. The molecule has 1 aliphatic heterocycles. The van der Waals surface area contributed by atoms with Crippen molar-refractivity contribution < 1.29 is 0 Å². The van der Waals surface area contributed by atoms with Gasteiger partial charge in [-0.05, 0) is 7.05 Å². The second kappa shape index (κ2) is 5.06. The molecule has 1 aliphatic rings. The fourth-order valence-corrected chi connectivity index (χ4v) is 0.335. The zero-order chi connectivity index (χ0) is 6.41. The maximum absolute atomic E-state index is 3.09. The largest absolute Gasteiger partial charge is 0.291 e. The summed E-state index contributed by atoms with van der Waals surface area (Å²) in [5, 5.41) is 3.09. The lowest BCUT2D eigenvalue weighted by atomic mass is 10.6. The number of hydrogen-bond acceptors (Lipinski definition) is 2. The molecule has 0 radical (unpaired) electrons. The first kappa shape index (κ1) is 7.92. The summed E-state index contributed by atoms with van der Waals surface area (Å²) in [6, 6.07) is 0. The topological polar surface area (TPSA) is 15.3 Å². The molecule has 0 aliphatic carbocycles. The molecule has 2 nitrogen and oxygen atoms in total. The van der Waals surface area contributed by atoms with E-state index in [1.165, 1.54) is 6.42 Å². The average Bonchev–Trinajstić information content (AvgIpc) is 1.64. The van der Waals surface area contributed by atoms with Gasteiger partial charge in [0.25, 0.3) is 0 Å². The average molecular weight is 116 g/mol. The van der Waals surface area contributed by atoms with Crippen LogP contribution in [0.5, 0.6) is 0 Å². The summed E-state index contributed by atoms with van der Waals surface area (Å²) in [5.74, 6) is 0. The third-order valence-electron chi connectivity index (χ3n) is 0.763. The smallest absolute Gasteiger partial charge is 0.0499 e. The lowest BCUT2D eigenvalue weighted by Gasteiger charge is -2.26. The zero-order valence-electron chi connectivity index (χ0n) is 6.07. The van der Waals surface area contributed by atoms with E-state index in [1.54, 1.807) is 0 Å². The predicted molar refractivity (Wildman–Crippen MR) is 36.6 cm³/mol. The van der Waals surface area contributed by atoms with Crippen LogP contribution in [0.25, 0.3) is 0 Å². The minimum Gasteiger partial charge on any atom is -0.291 e. The molecule has 0 aromatic rings. The van der Waals surface area contributed by atoms with Crippen LogP contribution in [0.1, 0.15) is 20.3 Å². The standard InChI is InChI=1S/C3H8N2.C3H8/c1-5-2-4-3-5;1-3-2/h4H,2-3H2,1H3;3H2,1-2H3. The van der Waals surface area contributed by atoms with E-state index in [4.69, 9.17) is 0 Å². The molecule has 50 valence electrons. The number of nitrogens with one attached hydrogen (secondary N) is 1. The van der Waals surface area contributed by atoms with Gasteiger partial charge in [-0.15, -0.1) is 0 Å². The molecule has 1 N–H and O–H groups in total. The Kier molecular flexibility index (Phi) is 5.01. The first-order valence-electron chi connectivity index (χ1n) is 3.20. The summed E-state index contributed by atoms with van der Waals surface area (Å²) in [4.78, 5) is 2.19. The van der Waals surface area contributed by atoms with Gasteiger partial charge >= 0.3 is 0 Å². The summed E-state index contributed by atoms with van der Waals surface area (Å²) in [6.07, 6.45) is 1.25. The fourth-order valence-electron chi connectivity index (χ4n) is 0.335. The van der Waals surface area contributed by atoms with Crippen LogP contribution < -0.4 is 5.32 Å². The molecule has 0 bridgehead atoms. The Balaban J connectivity index is 0.000000145. The first-order valence-corrected chi connectivity index (χ1v) is 3.20. The fraction of sp³-hybridized carbons (Fsp3) is 1.00. The van der Waals surface area contributed by atoms with Crippen LogP contribution in [0.4, 0.5) is 0 Å². The molecule has 8 heavy (non-hydrogen) atoms. The Labute approximate surface area is 51.9 Å². The zero-order valence-corrected chi connectivity index (χ0v) is 6.07. The van der Waals surface area contributed by atoms with Crippen LogP contribution >= 0.6 is 0 Å². The second-order valence-corrected chi connectivity index (χ2v) is 2.13. The lowest BCUT2D eigenvalue weighted by Crippen LogP contribution is -2.48. The van der Waals surface area contributed by atoms with Crippen molar-refractivity contribution in [3.05, 3.63) is 0 Å². The van der Waals surface area contributed by atoms with Crippen molar-refractivity contribution in [3.63, 3.8) is 0 Å². The third-order valence-corrected chi connectivity index (χ3v) is 0.763. The number of rotatable bonds is 0. The number of nitrogens with zero attached hydrogens (tertiary/aromatic N) is 1. The maximum atomic E-state index is 3.09. The summed E-state index contributed by atoms with van der Waals surface area (Å²) in [7, 11) is 2.08. The molecule has 1 heterocycles. The quantitative estimate of drug-likeness (QED) is 0.505. The molecule has 0 amide bonds. The molecule has 0 aromatic heterocycles. The van der Waals surface area contributed by atoms with Gasteiger partial charge in [-0.2, -0.15) is 0 Å². The van der Waals surface area contributed by atoms with E-state index in [9.17, 15) is 0 Å². The van der Waals surface area contributed by atoms with Gasteiger partial charge in [0, 0.05) is 13.3 Å². The van der Waals surface area contributed by atoms with Crippen molar-refractivity contribution in [1.29, 1.82) is 0 Å². The van der Waals surface area contributed by atoms with E-state index in [0.717, 1.165) is 13.3 Å². The highest BCUT2D eigenvalue weighted by Crippen LogP contribution is 1.81. The van der Waals surface area contributed by atoms with Gasteiger partial charge in [0.2, 0.25) is 0 Å². The normalized spacial score (nSPS) is 18.4. The summed E-state index contributed by atoms with van der Waals surface area (Å²) >= 11 is 0. The molecular formula is C6H16N2. The van der Waals surface area contributed by atoms with Crippen LogP contribution in [0.2, 0.25) is 0 Å². The molecule has 1 fully saturated rings. The molecule has 2 heteroatoms. The third kappa shape index (κ3) is 4.09.